The Morgan fingerprint density at radius 3 is 2.67 bits per heavy atom. The zero-order valence-corrected chi connectivity index (χ0v) is 10.7. The minimum atomic E-state index is 0.590. The summed E-state index contributed by atoms with van der Waals surface area (Å²) in [7, 11) is 3.44. The summed E-state index contributed by atoms with van der Waals surface area (Å²) in [6.07, 6.45) is 0. The summed E-state index contributed by atoms with van der Waals surface area (Å²) >= 11 is 0. The fourth-order valence-electron chi connectivity index (χ4n) is 1.63. The molecule has 5 heteroatoms. The number of nitrogens with one attached hydrogen (secondary N) is 2. The molecule has 0 aliphatic heterocycles. The summed E-state index contributed by atoms with van der Waals surface area (Å²) in [5, 5.41) is 6.15. The van der Waals surface area contributed by atoms with Crippen LogP contribution in [0.2, 0.25) is 0 Å². The van der Waals surface area contributed by atoms with Gasteiger partial charge in [0.15, 0.2) is 0 Å². The van der Waals surface area contributed by atoms with Crippen molar-refractivity contribution in [2.75, 3.05) is 24.8 Å². The molecule has 0 aliphatic rings. The predicted octanol–water partition coefficient (Wildman–Crippen LogP) is 2.58. The van der Waals surface area contributed by atoms with Gasteiger partial charge < -0.3 is 15.4 Å². The smallest absolute Gasteiger partial charge is 0.224 e. The third-order valence-electron chi connectivity index (χ3n) is 2.45. The number of methoxy groups -OCH3 is 1. The van der Waals surface area contributed by atoms with Crippen LogP contribution >= 0.6 is 0 Å². The summed E-state index contributed by atoms with van der Waals surface area (Å²) in [5.74, 6) is 2.10. The number of nitrogens with zero attached hydrogens (tertiary/aromatic N) is 2. The van der Waals surface area contributed by atoms with Gasteiger partial charge in [0.2, 0.25) is 5.95 Å². The molecule has 0 unspecified atom stereocenters. The van der Waals surface area contributed by atoms with Crippen molar-refractivity contribution < 1.29 is 4.74 Å². The SMILES string of the molecule is CNc1nc(C)cc(Nc2ccccc2OC)n1. The first kappa shape index (κ1) is 12.2. The van der Waals surface area contributed by atoms with E-state index in [9.17, 15) is 0 Å². The lowest BCUT2D eigenvalue weighted by atomic mass is 10.3. The van der Waals surface area contributed by atoms with Gasteiger partial charge in [0, 0.05) is 18.8 Å². The molecule has 2 aromatic rings. The molecule has 2 rings (SSSR count). The molecule has 0 saturated carbocycles. The molecule has 0 bridgehead atoms. The van der Waals surface area contributed by atoms with Crippen molar-refractivity contribution in [1.82, 2.24) is 9.97 Å². The van der Waals surface area contributed by atoms with Crippen LogP contribution in [0.15, 0.2) is 30.3 Å². The highest BCUT2D eigenvalue weighted by atomic mass is 16.5. The standard InChI is InChI=1S/C13H16N4O/c1-9-8-12(17-13(14-2)15-9)16-10-6-4-5-7-11(10)18-3/h4-8H,1-3H3,(H2,14,15,16,17). The quantitative estimate of drug-likeness (QED) is 0.865. The second-order valence-corrected chi connectivity index (χ2v) is 3.79. The van der Waals surface area contributed by atoms with Gasteiger partial charge in [-0.05, 0) is 19.1 Å². The van der Waals surface area contributed by atoms with Crippen molar-refractivity contribution in [2.45, 2.75) is 6.92 Å². The minimum absolute atomic E-state index is 0.590. The lowest BCUT2D eigenvalue weighted by Crippen LogP contribution is -2.02. The second-order valence-electron chi connectivity index (χ2n) is 3.79. The van der Waals surface area contributed by atoms with Gasteiger partial charge in [0.05, 0.1) is 12.8 Å². The number of aryl methyl sites for hydroxylation is 1. The number of ether oxygens (including phenoxy) is 1. The molecular formula is C13H16N4O. The fraction of sp³-hybridized carbons (Fsp3) is 0.231. The summed E-state index contributed by atoms with van der Waals surface area (Å²) in [6.45, 7) is 1.93. The van der Waals surface area contributed by atoms with Gasteiger partial charge in [0.25, 0.3) is 0 Å². The summed E-state index contributed by atoms with van der Waals surface area (Å²) in [6, 6.07) is 9.59. The Morgan fingerprint density at radius 2 is 1.94 bits per heavy atom. The Bertz CT molecular complexity index is 542. The first-order valence-electron chi connectivity index (χ1n) is 5.66. The van der Waals surface area contributed by atoms with E-state index in [2.05, 4.69) is 20.6 Å². The van der Waals surface area contributed by atoms with Crippen LogP contribution < -0.4 is 15.4 Å². The van der Waals surface area contributed by atoms with Gasteiger partial charge in [-0.3, -0.25) is 0 Å². The Labute approximate surface area is 106 Å². The number of anilines is 3. The Kier molecular flexibility index (Phi) is 3.62. The zero-order valence-electron chi connectivity index (χ0n) is 10.7. The third kappa shape index (κ3) is 2.68. The number of hydrogen-bond acceptors (Lipinski definition) is 5. The van der Waals surface area contributed by atoms with Crippen LogP contribution in [0.1, 0.15) is 5.69 Å². The maximum Gasteiger partial charge on any atom is 0.224 e. The number of hydrogen-bond donors (Lipinski definition) is 2. The molecule has 0 atom stereocenters. The van der Waals surface area contributed by atoms with E-state index in [-0.39, 0.29) is 0 Å². The molecule has 5 nitrogen and oxygen atoms in total. The molecule has 0 amide bonds. The van der Waals surface area contributed by atoms with Gasteiger partial charge in [0.1, 0.15) is 11.6 Å². The summed E-state index contributed by atoms with van der Waals surface area (Å²) < 4.78 is 5.28. The van der Waals surface area contributed by atoms with Gasteiger partial charge >= 0.3 is 0 Å². The molecule has 0 radical (unpaired) electrons. The molecule has 94 valence electrons. The van der Waals surface area contributed by atoms with Crippen molar-refractivity contribution in [1.29, 1.82) is 0 Å². The lowest BCUT2D eigenvalue weighted by Gasteiger charge is -2.11. The molecule has 1 aromatic heterocycles. The van der Waals surface area contributed by atoms with E-state index >= 15 is 0 Å². The van der Waals surface area contributed by atoms with E-state index in [1.54, 1.807) is 14.2 Å². The molecule has 0 fully saturated rings. The topological polar surface area (TPSA) is 59.1 Å². The zero-order chi connectivity index (χ0) is 13.0. The fourth-order valence-corrected chi connectivity index (χ4v) is 1.63. The average molecular weight is 244 g/mol. The third-order valence-corrected chi connectivity index (χ3v) is 2.45. The molecule has 2 N–H and O–H groups in total. The van der Waals surface area contributed by atoms with Crippen LogP contribution in [0.5, 0.6) is 5.75 Å². The van der Waals surface area contributed by atoms with E-state index < -0.39 is 0 Å². The van der Waals surface area contributed by atoms with Crippen molar-refractivity contribution >= 4 is 17.5 Å². The molecule has 18 heavy (non-hydrogen) atoms. The maximum atomic E-state index is 5.28. The Morgan fingerprint density at radius 1 is 1.17 bits per heavy atom. The molecule has 1 aromatic carbocycles. The highest BCUT2D eigenvalue weighted by Crippen LogP contribution is 2.26. The van der Waals surface area contributed by atoms with Crippen LogP contribution in [-0.4, -0.2) is 24.1 Å². The minimum Gasteiger partial charge on any atom is -0.495 e. The highest BCUT2D eigenvalue weighted by molar-refractivity contribution is 5.64. The summed E-state index contributed by atoms with van der Waals surface area (Å²) in [5.41, 5.74) is 1.77. The maximum absolute atomic E-state index is 5.28. The van der Waals surface area contributed by atoms with E-state index in [4.69, 9.17) is 4.74 Å². The molecule has 0 saturated heterocycles. The second kappa shape index (κ2) is 5.35. The van der Waals surface area contributed by atoms with Crippen LogP contribution in [0.4, 0.5) is 17.5 Å². The van der Waals surface area contributed by atoms with Gasteiger partial charge in [-0.25, -0.2) is 4.98 Å². The highest BCUT2D eigenvalue weighted by Gasteiger charge is 2.05. The lowest BCUT2D eigenvalue weighted by molar-refractivity contribution is 0.417. The first-order chi connectivity index (χ1) is 8.72. The van der Waals surface area contributed by atoms with Crippen molar-refractivity contribution in [3.8, 4) is 5.75 Å². The Balaban J connectivity index is 2.30. The average Bonchev–Trinajstić information content (AvgIpc) is 2.38. The van der Waals surface area contributed by atoms with E-state index in [1.165, 1.54) is 0 Å². The van der Waals surface area contributed by atoms with Crippen molar-refractivity contribution in [2.24, 2.45) is 0 Å². The predicted molar refractivity (Wildman–Crippen MR) is 72.6 cm³/mol. The normalized spacial score (nSPS) is 9.94. The van der Waals surface area contributed by atoms with Crippen molar-refractivity contribution in [3.05, 3.63) is 36.0 Å². The van der Waals surface area contributed by atoms with Gasteiger partial charge in [-0.1, -0.05) is 12.1 Å². The monoisotopic (exact) mass is 244 g/mol. The number of para-hydroxylation sites is 2. The van der Waals surface area contributed by atoms with Crippen molar-refractivity contribution in [3.63, 3.8) is 0 Å². The van der Waals surface area contributed by atoms with Crippen LogP contribution in [0, 0.1) is 6.92 Å². The molecule has 1 heterocycles. The van der Waals surface area contributed by atoms with Crippen LogP contribution in [0.25, 0.3) is 0 Å². The number of rotatable bonds is 4. The largest absolute Gasteiger partial charge is 0.495 e. The number of benzene rings is 1. The molecular weight excluding hydrogens is 228 g/mol. The van der Waals surface area contributed by atoms with Gasteiger partial charge in [-0.15, -0.1) is 0 Å². The molecule has 0 aliphatic carbocycles. The number of aromatic nitrogens is 2. The first-order valence-corrected chi connectivity index (χ1v) is 5.66. The van der Waals surface area contributed by atoms with E-state index in [0.717, 1.165) is 22.9 Å². The summed E-state index contributed by atoms with van der Waals surface area (Å²) in [4.78, 5) is 8.58. The van der Waals surface area contributed by atoms with E-state index in [0.29, 0.717) is 5.95 Å². The van der Waals surface area contributed by atoms with E-state index in [1.807, 2.05) is 37.3 Å². The van der Waals surface area contributed by atoms with Crippen LogP contribution in [-0.2, 0) is 0 Å². The van der Waals surface area contributed by atoms with Crippen LogP contribution in [0.3, 0.4) is 0 Å². The Hall–Kier alpha value is -2.30. The molecule has 0 spiro atoms. The van der Waals surface area contributed by atoms with Gasteiger partial charge in [-0.2, -0.15) is 4.98 Å².